The highest BCUT2D eigenvalue weighted by Crippen LogP contribution is 2.22. The Balaban J connectivity index is 1.22. The number of aromatic nitrogens is 1. The average Bonchev–Trinajstić information content (AvgIpc) is 3.32. The van der Waals surface area contributed by atoms with Crippen LogP contribution in [-0.2, 0) is 15.3 Å². The summed E-state index contributed by atoms with van der Waals surface area (Å²) in [6.07, 6.45) is 0. The summed E-state index contributed by atoms with van der Waals surface area (Å²) in [5.41, 5.74) is 4.83. The lowest BCUT2D eigenvalue weighted by Gasteiger charge is -2.06. The van der Waals surface area contributed by atoms with Crippen molar-refractivity contribution in [2.24, 2.45) is 0 Å². The first-order valence-electron chi connectivity index (χ1n) is 11.1. The van der Waals surface area contributed by atoms with E-state index in [0.717, 1.165) is 16.8 Å². The Hall–Kier alpha value is -3.95. The number of amides is 3. The third-order valence-corrected chi connectivity index (χ3v) is 6.77. The Morgan fingerprint density at radius 2 is 1.44 bits per heavy atom. The van der Waals surface area contributed by atoms with Crippen LogP contribution in [0.3, 0.4) is 0 Å². The minimum absolute atomic E-state index is 0.130. The molecule has 4 rings (SSSR count). The molecule has 1 heterocycles. The third-order valence-electron chi connectivity index (χ3n) is 5.00. The fourth-order valence-corrected chi connectivity index (χ4v) is 4.86. The number of anilines is 3. The molecule has 182 valence electrons. The molecule has 3 aromatic carbocycles. The highest BCUT2D eigenvalue weighted by Gasteiger charge is 2.11. The van der Waals surface area contributed by atoms with Gasteiger partial charge in [0.2, 0.25) is 11.8 Å². The van der Waals surface area contributed by atoms with Gasteiger partial charge in [-0.05, 0) is 47.5 Å². The Labute approximate surface area is 217 Å². The first-order chi connectivity index (χ1) is 17.5. The molecule has 0 saturated heterocycles. The summed E-state index contributed by atoms with van der Waals surface area (Å²) in [5, 5.41) is 10.7. The lowest BCUT2D eigenvalue weighted by atomic mass is 10.0. The molecule has 9 heteroatoms. The number of carbonyl (C=O) groups is 3. The second-order valence-corrected chi connectivity index (χ2v) is 9.68. The smallest absolute Gasteiger partial charge is 0.257 e. The van der Waals surface area contributed by atoms with Crippen molar-refractivity contribution in [2.75, 3.05) is 21.7 Å². The predicted octanol–water partition coefficient (Wildman–Crippen LogP) is 5.89. The molecule has 0 aliphatic heterocycles. The zero-order chi connectivity index (χ0) is 25.3. The molecule has 3 N–H and O–H groups in total. The number of nitrogens with zero attached hydrogens (tertiary/aromatic N) is 1. The zero-order valence-electron chi connectivity index (χ0n) is 19.5. The molecule has 0 bridgehead atoms. The minimum atomic E-state index is -0.216. The van der Waals surface area contributed by atoms with Crippen molar-refractivity contribution >= 4 is 57.3 Å². The van der Waals surface area contributed by atoms with Crippen molar-refractivity contribution in [2.45, 2.75) is 12.7 Å². The highest BCUT2D eigenvalue weighted by atomic mass is 32.2. The molecule has 0 radical (unpaired) electrons. The number of carbonyl (C=O) groups excluding carboxylic acids is 3. The molecule has 0 spiro atoms. The Bertz CT molecular complexity index is 1340. The van der Waals surface area contributed by atoms with E-state index in [2.05, 4.69) is 20.9 Å². The van der Waals surface area contributed by atoms with Crippen molar-refractivity contribution in [3.8, 4) is 11.1 Å². The van der Waals surface area contributed by atoms with Crippen LogP contribution >= 0.6 is 23.1 Å². The van der Waals surface area contributed by atoms with Gasteiger partial charge in [-0.15, -0.1) is 23.1 Å². The van der Waals surface area contributed by atoms with Crippen molar-refractivity contribution < 1.29 is 14.4 Å². The average molecular weight is 517 g/mol. The van der Waals surface area contributed by atoms with Crippen molar-refractivity contribution in [3.05, 3.63) is 95.5 Å². The molecule has 0 atom stereocenters. The maximum Gasteiger partial charge on any atom is 0.257 e. The number of thioether (sulfide) groups is 1. The van der Waals surface area contributed by atoms with Gasteiger partial charge in [-0.3, -0.25) is 19.7 Å². The topological polar surface area (TPSA) is 100 Å². The monoisotopic (exact) mass is 516 g/mol. The summed E-state index contributed by atoms with van der Waals surface area (Å²) in [5.74, 6) is 0.320. The van der Waals surface area contributed by atoms with Gasteiger partial charge in [0, 0.05) is 35.0 Å². The normalized spacial score (nSPS) is 10.5. The predicted molar refractivity (Wildman–Crippen MR) is 147 cm³/mol. The molecule has 3 amide bonds. The minimum Gasteiger partial charge on any atom is -0.326 e. The molecule has 0 aliphatic rings. The van der Waals surface area contributed by atoms with Gasteiger partial charge in [0.15, 0.2) is 5.13 Å². The molecule has 1 aromatic heterocycles. The number of benzene rings is 3. The molecule has 0 fully saturated rings. The van der Waals surface area contributed by atoms with E-state index in [0.29, 0.717) is 27.8 Å². The largest absolute Gasteiger partial charge is 0.326 e. The SMILES string of the molecule is CC(=O)Nc1ccc(NC(=O)CSCc2csc(NC(=O)c3ccc(-c4ccccc4)cc3)n2)cc1. The van der Waals surface area contributed by atoms with Crippen LogP contribution < -0.4 is 16.0 Å². The molecule has 7 nitrogen and oxygen atoms in total. The number of hydrogen-bond donors (Lipinski definition) is 3. The fourth-order valence-electron chi connectivity index (χ4n) is 3.33. The van der Waals surface area contributed by atoms with E-state index in [-0.39, 0.29) is 23.5 Å². The van der Waals surface area contributed by atoms with Crippen LogP contribution in [-0.4, -0.2) is 28.5 Å². The summed E-state index contributed by atoms with van der Waals surface area (Å²) in [4.78, 5) is 40.3. The van der Waals surface area contributed by atoms with E-state index in [4.69, 9.17) is 0 Å². The summed E-state index contributed by atoms with van der Waals surface area (Å²) in [6, 6.07) is 24.4. The van der Waals surface area contributed by atoms with Gasteiger partial charge in [0.25, 0.3) is 5.91 Å². The van der Waals surface area contributed by atoms with Crippen LogP contribution in [0.25, 0.3) is 11.1 Å². The van der Waals surface area contributed by atoms with E-state index in [1.165, 1.54) is 30.0 Å². The van der Waals surface area contributed by atoms with E-state index in [1.807, 2.05) is 47.8 Å². The van der Waals surface area contributed by atoms with E-state index < -0.39 is 0 Å². The van der Waals surface area contributed by atoms with Crippen molar-refractivity contribution in [1.82, 2.24) is 4.98 Å². The molecule has 0 saturated carbocycles. The maximum atomic E-state index is 12.6. The van der Waals surface area contributed by atoms with Crippen LogP contribution in [0.4, 0.5) is 16.5 Å². The van der Waals surface area contributed by atoms with E-state index in [1.54, 1.807) is 36.4 Å². The van der Waals surface area contributed by atoms with Gasteiger partial charge in [-0.25, -0.2) is 4.98 Å². The highest BCUT2D eigenvalue weighted by molar-refractivity contribution is 7.99. The van der Waals surface area contributed by atoms with Crippen LogP contribution in [0, 0.1) is 0 Å². The first kappa shape index (κ1) is 25.2. The van der Waals surface area contributed by atoms with Crippen LogP contribution in [0.5, 0.6) is 0 Å². The lowest BCUT2D eigenvalue weighted by Crippen LogP contribution is -2.14. The third kappa shape index (κ3) is 7.27. The van der Waals surface area contributed by atoms with Gasteiger partial charge in [0.1, 0.15) is 0 Å². The number of rotatable bonds is 9. The standard InChI is InChI=1S/C27H24N4O3S2/c1-18(32)28-22-11-13-23(14-12-22)29-25(33)17-35-15-24-16-36-27(30-24)31-26(34)21-9-7-20(8-10-21)19-5-3-2-4-6-19/h2-14,16H,15,17H2,1H3,(H,28,32)(H,29,33)(H,30,31,34). The van der Waals surface area contributed by atoms with Crippen LogP contribution in [0.2, 0.25) is 0 Å². The summed E-state index contributed by atoms with van der Waals surface area (Å²) >= 11 is 2.79. The first-order valence-corrected chi connectivity index (χ1v) is 13.2. The number of hydrogen-bond acceptors (Lipinski definition) is 6. The Morgan fingerprint density at radius 1 is 0.806 bits per heavy atom. The van der Waals surface area contributed by atoms with Crippen molar-refractivity contribution in [3.63, 3.8) is 0 Å². The van der Waals surface area contributed by atoms with Gasteiger partial charge < -0.3 is 10.6 Å². The molecule has 0 aliphatic carbocycles. The molecule has 4 aromatic rings. The van der Waals surface area contributed by atoms with E-state index >= 15 is 0 Å². The number of thiazole rings is 1. The maximum absolute atomic E-state index is 12.6. The summed E-state index contributed by atoms with van der Waals surface area (Å²) in [6.45, 7) is 1.44. The second-order valence-electron chi connectivity index (χ2n) is 7.84. The lowest BCUT2D eigenvalue weighted by molar-refractivity contribution is -0.114. The van der Waals surface area contributed by atoms with Crippen molar-refractivity contribution in [1.29, 1.82) is 0 Å². The number of nitrogens with one attached hydrogen (secondary N) is 3. The van der Waals surface area contributed by atoms with Gasteiger partial charge >= 0.3 is 0 Å². The Morgan fingerprint density at radius 3 is 2.11 bits per heavy atom. The molecular formula is C27H24N4O3S2. The second kappa shape index (κ2) is 12.1. The van der Waals surface area contributed by atoms with Gasteiger partial charge in [-0.2, -0.15) is 0 Å². The Kier molecular flexibility index (Phi) is 8.48. The summed E-state index contributed by atoms with van der Waals surface area (Å²) in [7, 11) is 0. The zero-order valence-corrected chi connectivity index (χ0v) is 21.1. The van der Waals surface area contributed by atoms with Gasteiger partial charge in [-0.1, -0.05) is 42.5 Å². The van der Waals surface area contributed by atoms with E-state index in [9.17, 15) is 14.4 Å². The molecule has 0 unspecified atom stereocenters. The van der Waals surface area contributed by atoms with Gasteiger partial charge in [0.05, 0.1) is 11.4 Å². The molecule has 36 heavy (non-hydrogen) atoms. The quantitative estimate of drug-likeness (QED) is 0.257. The fraction of sp³-hybridized carbons (Fsp3) is 0.111. The van der Waals surface area contributed by atoms with Crippen LogP contribution in [0.15, 0.2) is 84.2 Å². The molecular weight excluding hydrogens is 492 g/mol. The van der Waals surface area contributed by atoms with Crippen LogP contribution in [0.1, 0.15) is 23.0 Å². The summed E-state index contributed by atoms with van der Waals surface area (Å²) < 4.78 is 0.